The van der Waals surface area contributed by atoms with Gasteiger partial charge in [-0.3, -0.25) is 4.79 Å². The highest BCUT2D eigenvalue weighted by Gasteiger charge is 1.87. The number of aryl methyl sites for hydroxylation is 1. The second kappa shape index (κ2) is 2.96. The highest BCUT2D eigenvalue weighted by molar-refractivity contribution is 5.72. The molecule has 0 saturated heterocycles. The lowest BCUT2D eigenvalue weighted by molar-refractivity contribution is -0.104. The average Bonchev–Trinajstić information content (AvgIpc) is 2.31. The van der Waals surface area contributed by atoms with Gasteiger partial charge in [-0.05, 0) is 12.2 Å². The molecule has 0 atom stereocenters. The molecule has 1 aromatic heterocycles. The molecule has 0 unspecified atom stereocenters. The standard InChI is InChI=1S/C7H8N2O/c1-9-5-7(8-6-9)3-2-4-10/h2-6H,1H3/b3-2+. The number of hydrogen-bond donors (Lipinski definition) is 0. The number of carbonyl (C=O) groups is 1. The summed E-state index contributed by atoms with van der Waals surface area (Å²) in [7, 11) is 1.88. The summed E-state index contributed by atoms with van der Waals surface area (Å²) in [6.07, 6.45) is 7.33. The van der Waals surface area contributed by atoms with Crippen LogP contribution in [0, 0.1) is 0 Å². The number of allylic oxidation sites excluding steroid dienone is 1. The minimum absolute atomic E-state index is 0.731. The Morgan fingerprint density at radius 3 is 3.00 bits per heavy atom. The third-order valence-electron chi connectivity index (χ3n) is 1.07. The topological polar surface area (TPSA) is 34.9 Å². The van der Waals surface area contributed by atoms with Crippen LogP contribution in [0.5, 0.6) is 0 Å². The number of aromatic nitrogens is 2. The molecular weight excluding hydrogens is 128 g/mol. The fourth-order valence-corrected chi connectivity index (χ4v) is 0.657. The van der Waals surface area contributed by atoms with Crippen LogP contribution in [0.3, 0.4) is 0 Å². The smallest absolute Gasteiger partial charge is 0.142 e. The van der Waals surface area contributed by atoms with Crippen LogP contribution in [0.1, 0.15) is 5.69 Å². The van der Waals surface area contributed by atoms with E-state index in [4.69, 9.17) is 0 Å². The highest BCUT2D eigenvalue weighted by atomic mass is 16.1. The van der Waals surface area contributed by atoms with Crippen LogP contribution in [0.4, 0.5) is 0 Å². The van der Waals surface area contributed by atoms with Gasteiger partial charge in [-0.25, -0.2) is 4.98 Å². The van der Waals surface area contributed by atoms with Crippen molar-refractivity contribution in [3.8, 4) is 0 Å². The van der Waals surface area contributed by atoms with E-state index in [0.29, 0.717) is 0 Å². The Bertz CT molecular complexity index is 250. The minimum atomic E-state index is 0.731. The van der Waals surface area contributed by atoms with Crippen LogP contribution in [0.15, 0.2) is 18.6 Å². The molecule has 3 nitrogen and oxygen atoms in total. The Morgan fingerprint density at radius 1 is 1.70 bits per heavy atom. The average molecular weight is 136 g/mol. The first-order valence-electron chi connectivity index (χ1n) is 2.93. The van der Waals surface area contributed by atoms with E-state index in [-0.39, 0.29) is 0 Å². The molecular formula is C7H8N2O. The van der Waals surface area contributed by atoms with E-state index in [1.165, 1.54) is 6.08 Å². The zero-order valence-electron chi connectivity index (χ0n) is 5.69. The second-order valence-electron chi connectivity index (χ2n) is 1.96. The first-order valence-corrected chi connectivity index (χ1v) is 2.93. The van der Waals surface area contributed by atoms with E-state index in [9.17, 15) is 4.79 Å². The van der Waals surface area contributed by atoms with E-state index < -0.39 is 0 Å². The molecule has 1 aromatic rings. The molecule has 3 heteroatoms. The van der Waals surface area contributed by atoms with Crippen molar-refractivity contribution in [3.63, 3.8) is 0 Å². The lowest BCUT2D eigenvalue weighted by Gasteiger charge is -1.79. The zero-order chi connectivity index (χ0) is 7.40. The third kappa shape index (κ3) is 1.55. The van der Waals surface area contributed by atoms with Gasteiger partial charge in [0.15, 0.2) is 0 Å². The lowest BCUT2D eigenvalue weighted by atomic mass is 10.4. The van der Waals surface area contributed by atoms with Crippen LogP contribution >= 0.6 is 0 Å². The second-order valence-corrected chi connectivity index (χ2v) is 1.96. The summed E-state index contributed by atoms with van der Waals surface area (Å²) in [6.45, 7) is 0. The van der Waals surface area contributed by atoms with Crippen LogP contribution in [-0.4, -0.2) is 15.8 Å². The maximum absolute atomic E-state index is 9.86. The molecule has 0 bridgehead atoms. The van der Waals surface area contributed by atoms with Gasteiger partial charge in [-0.1, -0.05) is 0 Å². The monoisotopic (exact) mass is 136 g/mol. The Labute approximate surface area is 59.0 Å². The first-order chi connectivity index (χ1) is 4.83. The quantitative estimate of drug-likeness (QED) is 0.441. The zero-order valence-corrected chi connectivity index (χ0v) is 5.69. The van der Waals surface area contributed by atoms with Gasteiger partial charge < -0.3 is 4.57 Å². The van der Waals surface area contributed by atoms with E-state index in [0.717, 1.165) is 12.0 Å². The molecule has 0 radical (unpaired) electrons. The Balaban J connectivity index is 2.75. The van der Waals surface area contributed by atoms with Crippen molar-refractivity contribution >= 4 is 12.4 Å². The van der Waals surface area contributed by atoms with Gasteiger partial charge in [0.25, 0.3) is 0 Å². The third-order valence-corrected chi connectivity index (χ3v) is 1.07. The molecule has 0 aliphatic carbocycles. The van der Waals surface area contributed by atoms with Gasteiger partial charge in [0.05, 0.1) is 12.0 Å². The van der Waals surface area contributed by atoms with Crippen molar-refractivity contribution < 1.29 is 4.79 Å². The number of carbonyl (C=O) groups excluding carboxylic acids is 1. The predicted octanol–water partition coefficient (Wildman–Crippen LogP) is 0.632. The first kappa shape index (κ1) is 6.74. The van der Waals surface area contributed by atoms with Crippen LogP contribution < -0.4 is 0 Å². The number of hydrogen-bond acceptors (Lipinski definition) is 2. The predicted molar refractivity (Wildman–Crippen MR) is 38.3 cm³/mol. The fourth-order valence-electron chi connectivity index (χ4n) is 0.657. The fraction of sp³-hybridized carbons (Fsp3) is 0.143. The van der Waals surface area contributed by atoms with Gasteiger partial charge in [0.2, 0.25) is 0 Å². The van der Waals surface area contributed by atoms with Crippen molar-refractivity contribution in [1.82, 2.24) is 9.55 Å². The lowest BCUT2D eigenvalue weighted by Crippen LogP contribution is -1.77. The Morgan fingerprint density at radius 2 is 2.50 bits per heavy atom. The molecule has 0 saturated carbocycles. The summed E-state index contributed by atoms with van der Waals surface area (Å²) in [5.74, 6) is 0. The van der Waals surface area contributed by atoms with Crippen molar-refractivity contribution in [1.29, 1.82) is 0 Å². The molecule has 1 heterocycles. The molecule has 0 aliphatic heterocycles. The summed E-state index contributed by atoms with van der Waals surface area (Å²) in [6, 6.07) is 0. The number of imidazole rings is 1. The molecule has 10 heavy (non-hydrogen) atoms. The minimum Gasteiger partial charge on any atom is -0.340 e. The molecule has 0 amide bonds. The summed E-state index contributed by atoms with van der Waals surface area (Å²) >= 11 is 0. The van der Waals surface area contributed by atoms with Gasteiger partial charge >= 0.3 is 0 Å². The number of aldehydes is 1. The molecule has 0 N–H and O–H groups in total. The summed E-state index contributed by atoms with van der Waals surface area (Å²) in [5, 5.41) is 0. The van der Waals surface area contributed by atoms with E-state index >= 15 is 0 Å². The molecule has 0 fully saturated rings. The molecule has 0 aliphatic rings. The Hall–Kier alpha value is -1.38. The Kier molecular flexibility index (Phi) is 1.99. The van der Waals surface area contributed by atoms with Gasteiger partial charge in [-0.2, -0.15) is 0 Å². The van der Waals surface area contributed by atoms with Crippen molar-refractivity contribution in [3.05, 3.63) is 24.3 Å². The SMILES string of the molecule is Cn1cnc(/C=C/C=O)c1. The summed E-state index contributed by atoms with van der Waals surface area (Å²) in [4.78, 5) is 13.8. The maximum atomic E-state index is 9.86. The summed E-state index contributed by atoms with van der Waals surface area (Å²) in [5.41, 5.74) is 0.801. The molecule has 1 rings (SSSR count). The number of nitrogens with zero attached hydrogens (tertiary/aromatic N) is 2. The largest absolute Gasteiger partial charge is 0.340 e. The maximum Gasteiger partial charge on any atom is 0.142 e. The van der Waals surface area contributed by atoms with Crippen molar-refractivity contribution in [2.45, 2.75) is 0 Å². The van der Waals surface area contributed by atoms with Crippen LogP contribution in [0.2, 0.25) is 0 Å². The van der Waals surface area contributed by atoms with Crippen LogP contribution in [0.25, 0.3) is 6.08 Å². The molecule has 0 spiro atoms. The van der Waals surface area contributed by atoms with Crippen molar-refractivity contribution in [2.75, 3.05) is 0 Å². The normalized spacial score (nSPS) is 10.5. The van der Waals surface area contributed by atoms with Gasteiger partial charge in [0, 0.05) is 13.2 Å². The van der Waals surface area contributed by atoms with Crippen LogP contribution in [-0.2, 0) is 11.8 Å². The number of rotatable bonds is 2. The van der Waals surface area contributed by atoms with E-state index in [1.807, 2.05) is 17.8 Å². The molecule has 52 valence electrons. The van der Waals surface area contributed by atoms with E-state index in [2.05, 4.69) is 4.98 Å². The summed E-state index contributed by atoms with van der Waals surface area (Å²) < 4.78 is 1.82. The van der Waals surface area contributed by atoms with E-state index in [1.54, 1.807) is 12.4 Å². The van der Waals surface area contributed by atoms with Gasteiger partial charge in [0.1, 0.15) is 6.29 Å². The highest BCUT2D eigenvalue weighted by Crippen LogP contribution is 1.94. The van der Waals surface area contributed by atoms with Gasteiger partial charge in [-0.15, -0.1) is 0 Å². The molecule has 0 aromatic carbocycles. The van der Waals surface area contributed by atoms with Crippen molar-refractivity contribution in [2.24, 2.45) is 7.05 Å².